The molecule has 0 radical (unpaired) electrons. The Morgan fingerprint density at radius 3 is 2.33 bits per heavy atom. The Hall–Kier alpha value is -3.28. The van der Waals surface area contributed by atoms with E-state index < -0.39 is 18.0 Å². The Morgan fingerprint density at radius 1 is 0.933 bits per heavy atom. The minimum Gasteiger partial charge on any atom is -0.464 e. The molecule has 3 aromatic rings. The number of hydrazone groups is 1. The molecule has 0 fully saturated rings. The maximum absolute atomic E-state index is 13.0. The summed E-state index contributed by atoms with van der Waals surface area (Å²) in [5, 5.41) is 6.72. The molecular weight excluding hydrogens is 389 g/mol. The number of fused-ring (bicyclic) bond motifs is 3. The van der Waals surface area contributed by atoms with Crippen LogP contribution in [0.5, 0.6) is 5.75 Å². The number of halogens is 3. The summed E-state index contributed by atoms with van der Waals surface area (Å²) in [5.74, 6) is 0.740. The SMILES string of the molecule is Cc1ccc(C2=NN3[C@H](C2)c2ccccc2O[C@@H]3c2ccc(C(F)(F)F)cc2)cc1. The van der Waals surface area contributed by atoms with Gasteiger partial charge in [0, 0.05) is 17.5 Å². The summed E-state index contributed by atoms with van der Waals surface area (Å²) in [6, 6.07) is 21.1. The summed E-state index contributed by atoms with van der Waals surface area (Å²) >= 11 is 0. The first kappa shape index (κ1) is 18.7. The standard InChI is InChI=1S/C24H19F3N2O/c1-15-6-8-16(9-7-15)20-14-21-19-4-2-3-5-22(19)30-23(29(21)28-20)17-10-12-18(13-11-17)24(25,26)27/h2-13,21,23H,14H2,1H3/t21-,23-/m1/s1. The van der Waals surface area contributed by atoms with Gasteiger partial charge in [-0.1, -0.05) is 60.2 Å². The van der Waals surface area contributed by atoms with Gasteiger partial charge in [-0.25, -0.2) is 5.01 Å². The van der Waals surface area contributed by atoms with E-state index in [4.69, 9.17) is 9.84 Å². The molecular formula is C24H19F3N2O. The molecule has 30 heavy (non-hydrogen) atoms. The molecule has 2 aliphatic heterocycles. The summed E-state index contributed by atoms with van der Waals surface area (Å²) in [5.41, 5.74) is 4.15. The Labute approximate surface area is 172 Å². The van der Waals surface area contributed by atoms with Gasteiger partial charge in [-0.15, -0.1) is 0 Å². The molecule has 6 heteroatoms. The normalized spacial score (nSPS) is 20.3. The zero-order chi connectivity index (χ0) is 20.9. The Kier molecular flexibility index (Phi) is 4.31. The van der Waals surface area contributed by atoms with Crippen molar-refractivity contribution in [1.82, 2.24) is 5.01 Å². The monoisotopic (exact) mass is 408 g/mol. The molecule has 0 saturated heterocycles. The number of para-hydroxylation sites is 1. The smallest absolute Gasteiger partial charge is 0.416 e. The minimum atomic E-state index is -4.37. The van der Waals surface area contributed by atoms with Crippen molar-refractivity contribution in [2.45, 2.75) is 31.8 Å². The lowest BCUT2D eigenvalue weighted by Crippen LogP contribution is -2.33. The highest BCUT2D eigenvalue weighted by atomic mass is 19.4. The zero-order valence-corrected chi connectivity index (χ0v) is 16.2. The van der Waals surface area contributed by atoms with Crippen molar-refractivity contribution in [3.05, 3.63) is 101 Å². The maximum Gasteiger partial charge on any atom is 0.416 e. The van der Waals surface area contributed by atoms with Crippen LogP contribution in [0.3, 0.4) is 0 Å². The van der Waals surface area contributed by atoms with Gasteiger partial charge in [0.05, 0.1) is 17.3 Å². The van der Waals surface area contributed by atoms with Crippen LogP contribution in [0.1, 0.15) is 46.5 Å². The molecule has 0 unspecified atom stereocenters. The Morgan fingerprint density at radius 2 is 1.63 bits per heavy atom. The fourth-order valence-corrected chi connectivity index (χ4v) is 4.01. The van der Waals surface area contributed by atoms with Gasteiger partial charge in [0.1, 0.15) is 5.75 Å². The van der Waals surface area contributed by atoms with Gasteiger partial charge in [0.15, 0.2) is 0 Å². The van der Waals surface area contributed by atoms with Crippen LogP contribution in [0.4, 0.5) is 13.2 Å². The molecule has 2 atom stereocenters. The van der Waals surface area contributed by atoms with E-state index in [1.165, 1.54) is 17.7 Å². The fourth-order valence-electron chi connectivity index (χ4n) is 4.01. The number of hydrogen-bond donors (Lipinski definition) is 0. The summed E-state index contributed by atoms with van der Waals surface area (Å²) in [6.45, 7) is 2.04. The molecule has 0 bridgehead atoms. The lowest BCUT2D eigenvalue weighted by Gasteiger charge is -2.38. The molecule has 5 rings (SSSR count). The van der Waals surface area contributed by atoms with Crippen molar-refractivity contribution in [2.24, 2.45) is 5.10 Å². The van der Waals surface area contributed by atoms with Gasteiger partial charge in [-0.2, -0.15) is 18.3 Å². The molecule has 0 spiro atoms. The number of aryl methyl sites for hydroxylation is 1. The number of benzene rings is 3. The number of nitrogens with zero attached hydrogens (tertiary/aromatic N) is 2. The molecule has 0 saturated carbocycles. The average molecular weight is 408 g/mol. The van der Waals surface area contributed by atoms with Crippen molar-refractivity contribution in [3.8, 4) is 5.75 Å². The topological polar surface area (TPSA) is 24.8 Å². The molecule has 152 valence electrons. The highest BCUT2D eigenvalue weighted by Gasteiger charge is 2.41. The van der Waals surface area contributed by atoms with E-state index in [1.54, 1.807) is 0 Å². The molecule has 0 aliphatic carbocycles. The van der Waals surface area contributed by atoms with Gasteiger partial charge >= 0.3 is 6.18 Å². The van der Waals surface area contributed by atoms with Crippen molar-refractivity contribution >= 4 is 5.71 Å². The lowest BCUT2D eigenvalue weighted by atomic mass is 9.95. The van der Waals surface area contributed by atoms with Crippen molar-refractivity contribution < 1.29 is 17.9 Å². The summed E-state index contributed by atoms with van der Waals surface area (Å²) in [7, 11) is 0. The second-order valence-corrected chi connectivity index (χ2v) is 7.64. The van der Waals surface area contributed by atoms with Crippen LogP contribution < -0.4 is 4.74 Å². The van der Waals surface area contributed by atoms with Crippen LogP contribution in [-0.2, 0) is 6.18 Å². The van der Waals surface area contributed by atoms with E-state index in [-0.39, 0.29) is 6.04 Å². The molecule has 2 aliphatic rings. The summed E-state index contributed by atoms with van der Waals surface area (Å²) in [4.78, 5) is 0. The van der Waals surface area contributed by atoms with E-state index in [0.717, 1.165) is 34.7 Å². The van der Waals surface area contributed by atoms with E-state index in [2.05, 4.69) is 0 Å². The first-order valence-electron chi connectivity index (χ1n) is 9.76. The zero-order valence-electron chi connectivity index (χ0n) is 16.2. The van der Waals surface area contributed by atoms with Crippen LogP contribution in [0, 0.1) is 6.92 Å². The van der Waals surface area contributed by atoms with Gasteiger partial charge < -0.3 is 4.74 Å². The lowest BCUT2D eigenvalue weighted by molar-refractivity contribution is -0.137. The second kappa shape index (κ2) is 6.90. The van der Waals surface area contributed by atoms with E-state index in [1.807, 2.05) is 60.5 Å². The van der Waals surface area contributed by atoms with Crippen LogP contribution in [0.25, 0.3) is 0 Å². The third-order valence-corrected chi connectivity index (χ3v) is 5.61. The highest BCUT2D eigenvalue weighted by molar-refractivity contribution is 6.02. The third kappa shape index (κ3) is 3.22. The third-order valence-electron chi connectivity index (χ3n) is 5.61. The van der Waals surface area contributed by atoms with Gasteiger partial charge in [0.25, 0.3) is 0 Å². The average Bonchev–Trinajstić information content (AvgIpc) is 3.19. The Bertz CT molecular complexity index is 1100. The molecule has 3 aromatic carbocycles. The second-order valence-electron chi connectivity index (χ2n) is 7.64. The van der Waals surface area contributed by atoms with Gasteiger partial charge in [-0.05, 0) is 30.7 Å². The largest absolute Gasteiger partial charge is 0.464 e. The van der Waals surface area contributed by atoms with E-state index in [0.29, 0.717) is 12.0 Å². The van der Waals surface area contributed by atoms with Crippen LogP contribution >= 0.6 is 0 Å². The molecule has 0 amide bonds. The summed E-state index contributed by atoms with van der Waals surface area (Å²) in [6.07, 6.45) is -4.25. The minimum absolute atomic E-state index is 0.0291. The predicted molar refractivity (Wildman–Crippen MR) is 108 cm³/mol. The quantitative estimate of drug-likeness (QED) is 0.500. The first-order valence-corrected chi connectivity index (χ1v) is 9.76. The molecule has 3 nitrogen and oxygen atoms in total. The predicted octanol–water partition coefficient (Wildman–Crippen LogP) is 6.26. The van der Waals surface area contributed by atoms with Crippen LogP contribution in [0.15, 0.2) is 77.9 Å². The fraction of sp³-hybridized carbons (Fsp3) is 0.208. The summed E-state index contributed by atoms with van der Waals surface area (Å²) < 4.78 is 45.1. The van der Waals surface area contributed by atoms with Crippen molar-refractivity contribution in [1.29, 1.82) is 0 Å². The van der Waals surface area contributed by atoms with Gasteiger partial charge in [-0.3, -0.25) is 0 Å². The molecule has 0 N–H and O–H groups in total. The maximum atomic E-state index is 13.0. The number of alkyl halides is 3. The number of ether oxygens (including phenoxy) is 1. The van der Waals surface area contributed by atoms with E-state index in [9.17, 15) is 13.2 Å². The Balaban J connectivity index is 1.55. The molecule has 0 aromatic heterocycles. The van der Waals surface area contributed by atoms with E-state index >= 15 is 0 Å². The number of hydrogen-bond acceptors (Lipinski definition) is 3. The van der Waals surface area contributed by atoms with Crippen molar-refractivity contribution in [2.75, 3.05) is 0 Å². The van der Waals surface area contributed by atoms with Crippen LogP contribution in [-0.4, -0.2) is 10.7 Å². The van der Waals surface area contributed by atoms with Crippen LogP contribution in [0.2, 0.25) is 0 Å². The van der Waals surface area contributed by atoms with Crippen molar-refractivity contribution in [3.63, 3.8) is 0 Å². The molecule has 2 heterocycles. The first-order chi connectivity index (χ1) is 14.4. The highest BCUT2D eigenvalue weighted by Crippen LogP contribution is 2.47. The number of rotatable bonds is 2. The van der Waals surface area contributed by atoms with Gasteiger partial charge in [0.2, 0.25) is 6.23 Å².